The van der Waals surface area contributed by atoms with Crippen LogP contribution >= 0.6 is 0 Å². The van der Waals surface area contributed by atoms with Crippen LogP contribution in [-0.2, 0) is 4.79 Å². The first-order valence-electron chi connectivity index (χ1n) is 4.89. The molecule has 0 unspecified atom stereocenters. The number of halogens is 3. The normalized spacial score (nSPS) is 11.9. The van der Waals surface area contributed by atoms with Crippen molar-refractivity contribution in [2.24, 2.45) is 0 Å². The molecule has 0 aromatic heterocycles. The summed E-state index contributed by atoms with van der Waals surface area (Å²) < 4.78 is 35.1. The molecule has 8 heteroatoms. The molecular weight excluding hydrogens is 239 g/mol. The molecule has 3 N–H and O–H groups in total. The van der Waals surface area contributed by atoms with Gasteiger partial charge in [0.25, 0.3) is 0 Å². The van der Waals surface area contributed by atoms with Crippen LogP contribution in [0.2, 0.25) is 0 Å². The van der Waals surface area contributed by atoms with Crippen molar-refractivity contribution in [3.8, 4) is 0 Å². The van der Waals surface area contributed by atoms with E-state index in [0.29, 0.717) is 0 Å². The van der Waals surface area contributed by atoms with Crippen LogP contribution in [0.1, 0.15) is 20.8 Å². The highest BCUT2D eigenvalue weighted by atomic mass is 19.4. The Morgan fingerprint density at radius 3 is 2.00 bits per heavy atom. The first kappa shape index (κ1) is 15.5. The molecule has 5 nitrogen and oxygen atoms in total. The van der Waals surface area contributed by atoms with Gasteiger partial charge >= 0.3 is 12.2 Å². The van der Waals surface area contributed by atoms with Crippen molar-refractivity contribution in [3.63, 3.8) is 0 Å². The summed E-state index contributed by atoms with van der Waals surface area (Å²) in [5.41, 5.74) is -0.457. The second-order valence-electron chi connectivity index (χ2n) is 4.45. The number of amides is 3. The number of urea groups is 1. The van der Waals surface area contributed by atoms with E-state index in [4.69, 9.17) is 0 Å². The molecule has 17 heavy (non-hydrogen) atoms. The van der Waals surface area contributed by atoms with Gasteiger partial charge < -0.3 is 16.0 Å². The minimum absolute atomic E-state index is 0.374. The van der Waals surface area contributed by atoms with E-state index in [1.165, 1.54) is 0 Å². The number of alkyl halides is 3. The molecule has 100 valence electrons. The molecule has 0 atom stereocenters. The minimum atomic E-state index is -4.47. The number of rotatable bonds is 3. The van der Waals surface area contributed by atoms with Crippen molar-refractivity contribution in [2.45, 2.75) is 32.5 Å². The van der Waals surface area contributed by atoms with E-state index in [1.807, 2.05) is 5.32 Å². The lowest BCUT2D eigenvalue weighted by molar-refractivity contribution is -0.122. The van der Waals surface area contributed by atoms with Crippen LogP contribution in [0.15, 0.2) is 0 Å². The van der Waals surface area contributed by atoms with Gasteiger partial charge in [0.15, 0.2) is 0 Å². The zero-order valence-electron chi connectivity index (χ0n) is 9.86. The van der Waals surface area contributed by atoms with Crippen molar-refractivity contribution >= 4 is 11.9 Å². The molecule has 0 aromatic rings. The Morgan fingerprint density at radius 2 is 1.59 bits per heavy atom. The molecule has 0 radical (unpaired) electrons. The maximum absolute atomic E-state index is 11.7. The Hall–Kier alpha value is -1.47. The van der Waals surface area contributed by atoms with Gasteiger partial charge in [0.05, 0.1) is 6.54 Å². The van der Waals surface area contributed by atoms with E-state index in [1.54, 1.807) is 26.1 Å². The third-order valence-corrected chi connectivity index (χ3v) is 1.37. The van der Waals surface area contributed by atoms with E-state index in [9.17, 15) is 22.8 Å². The maximum atomic E-state index is 11.7. The number of carbonyl (C=O) groups is 2. The molecule has 0 aromatic carbocycles. The van der Waals surface area contributed by atoms with Crippen LogP contribution in [0.25, 0.3) is 0 Å². The van der Waals surface area contributed by atoms with Crippen molar-refractivity contribution in [1.29, 1.82) is 0 Å². The molecule has 0 aliphatic rings. The van der Waals surface area contributed by atoms with Gasteiger partial charge in [0.1, 0.15) is 6.54 Å². The monoisotopic (exact) mass is 255 g/mol. The number of carbonyl (C=O) groups excluding carboxylic acids is 2. The van der Waals surface area contributed by atoms with Gasteiger partial charge in [0, 0.05) is 5.54 Å². The second-order valence-corrected chi connectivity index (χ2v) is 4.45. The quantitative estimate of drug-likeness (QED) is 0.697. The van der Waals surface area contributed by atoms with E-state index in [0.717, 1.165) is 0 Å². The highest BCUT2D eigenvalue weighted by Gasteiger charge is 2.27. The predicted molar refractivity (Wildman–Crippen MR) is 55.4 cm³/mol. The topological polar surface area (TPSA) is 70.2 Å². The zero-order valence-corrected chi connectivity index (χ0v) is 9.86. The van der Waals surface area contributed by atoms with Gasteiger partial charge in [-0.25, -0.2) is 4.79 Å². The van der Waals surface area contributed by atoms with Crippen LogP contribution in [0.3, 0.4) is 0 Å². The lowest BCUT2D eigenvalue weighted by atomic mass is 10.1. The van der Waals surface area contributed by atoms with E-state index >= 15 is 0 Å². The van der Waals surface area contributed by atoms with Gasteiger partial charge in [0.2, 0.25) is 5.91 Å². The van der Waals surface area contributed by atoms with Gasteiger partial charge in [-0.05, 0) is 20.8 Å². The molecule has 0 aliphatic heterocycles. The Balaban J connectivity index is 3.82. The van der Waals surface area contributed by atoms with Gasteiger partial charge in [-0.2, -0.15) is 13.2 Å². The summed E-state index contributed by atoms with van der Waals surface area (Å²) in [4.78, 5) is 22.0. The van der Waals surface area contributed by atoms with Crippen molar-refractivity contribution in [1.82, 2.24) is 16.0 Å². The van der Waals surface area contributed by atoms with Crippen LogP contribution in [-0.4, -0.2) is 36.7 Å². The predicted octanol–water partition coefficient (Wildman–Crippen LogP) is 0.763. The Morgan fingerprint density at radius 1 is 1.06 bits per heavy atom. The van der Waals surface area contributed by atoms with Gasteiger partial charge in [-0.15, -0.1) is 0 Å². The third kappa shape index (κ3) is 10.8. The standard InChI is InChI=1S/C9H16F3N3O2/c1-8(2,3)15-6(16)4-13-7(17)14-5-9(10,11)12/h4-5H2,1-3H3,(H,15,16)(H2,13,14,17). The van der Waals surface area contributed by atoms with Crippen LogP contribution in [0.5, 0.6) is 0 Å². The van der Waals surface area contributed by atoms with E-state index in [2.05, 4.69) is 5.32 Å². The molecule has 0 heterocycles. The summed E-state index contributed by atoms with van der Waals surface area (Å²) in [6, 6.07) is -1.04. The SMILES string of the molecule is CC(C)(C)NC(=O)CNC(=O)NCC(F)(F)F. The van der Waals surface area contributed by atoms with Gasteiger partial charge in [-0.1, -0.05) is 0 Å². The van der Waals surface area contributed by atoms with E-state index in [-0.39, 0.29) is 6.54 Å². The third-order valence-electron chi connectivity index (χ3n) is 1.37. The average molecular weight is 255 g/mol. The largest absolute Gasteiger partial charge is 0.405 e. The Kier molecular flexibility index (Phi) is 5.24. The van der Waals surface area contributed by atoms with Gasteiger partial charge in [-0.3, -0.25) is 4.79 Å². The van der Waals surface area contributed by atoms with Crippen molar-refractivity contribution < 1.29 is 22.8 Å². The summed E-state index contributed by atoms with van der Waals surface area (Å²) in [5.74, 6) is -0.473. The summed E-state index contributed by atoms with van der Waals surface area (Å²) in [6.45, 7) is 3.43. The summed E-state index contributed by atoms with van der Waals surface area (Å²) in [7, 11) is 0. The molecule has 0 saturated heterocycles. The van der Waals surface area contributed by atoms with Crippen molar-refractivity contribution in [3.05, 3.63) is 0 Å². The summed E-state index contributed by atoms with van der Waals surface area (Å²) >= 11 is 0. The van der Waals surface area contributed by atoms with Crippen LogP contribution in [0.4, 0.5) is 18.0 Å². The molecule has 0 bridgehead atoms. The molecule has 0 aliphatic carbocycles. The smallest absolute Gasteiger partial charge is 0.350 e. The first-order chi connectivity index (χ1) is 7.49. The zero-order chi connectivity index (χ0) is 13.7. The molecule has 0 rings (SSSR count). The maximum Gasteiger partial charge on any atom is 0.405 e. The fourth-order valence-electron chi connectivity index (χ4n) is 0.866. The highest BCUT2D eigenvalue weighted by molar-refractivity contribution is 5.84. The number of hydrogen-bond donors (Lipinski definition) is 3. The molecule has 0 fully saturated rings. The molecule has 0 spiro atoms. The Bertz CT molecular complexity index is 284. The summed E-state index contributed by atoms with van der Waals surface area (Å²) in [5, 5.41) is 6.14. The van der Waals surface area contributed by atoms with E-state index < -0.39 is 30.2 Å². The molecule has 0 saturated carbocycles. The van der Waals surface area contributed by atoms with Crippen molar-refractivity contribution in [2.75, 3.05) is 13.1 Å². The lowest BCUT2D eigenvalue weighted by Gasteiger charge is -2.20. The average Bonchev–Trinajstić information content (AvgIpc) is 2.07. The first-order valence-corrected chi connectivity index (χ1v) is 4.89. The minimum Gasteiger partial charge on any atom is -0.350 e. The molecule has 3 amide bonds. The number of hydrogen-bond acceptors (Lipinski definition) is 2. The molecular formula is C9H16F3N3O2. The van der Waals surface area contributed by atoms with Crippen LogP contribution in [0, 0.1) is 0 Å². The fourth-order valence-corrected chi connectivity index (χ4v) is 0.866. The number of nitrogens with one attached hydrogen (secondary N) is 3. The summed E-state index contributed by atoms with van der Waals surface area (Å²) in [6.07, 6.45) is -4.47. The fraction of sp³-hybridized carbons (Fsp3) is 0.778. The lowest BCUT2D eigenvalue weighted by Crippen LogP contribution is -2.48. The second kappa shape index (κ2) is 5.74. The van der Waals surface area contributed by atoms with Crippen LogP contribution < -0.4 is 16.0 Å². The highest BCUT2D eigenvalue weighted by Crippen LogP contribution is 2.11. The Labute approximate surface area is 97.1 Å².